The van der Waals surface area contributed by atoms with Crippen LogP contribution in [0, 0.1) is 0 Å². The van der Waals surface area contributed by atoms with Crippen molar-refractivity contribution in [3.63, 3.8) is 0 Å². The molecule has 2 aromatic heterocycles. The summed E-state index contributed by atoms with van der Waals surface area (Å²) in [5.74, 6) is 0. The molecule has 3 nitrogen and oxygen atoms in total. The van der Waals surface area contributed by atoms with E-state index in [1.165, 1.54) is 10.4 Å². The van der Waals surface area contributed by atoms with Crippen molar-refractivity contribution in [3.8, 4) is 10.6 Å². The van der Waals surface area contributed by atoms with Crippen LogP contribution in [0.3, 0.4) is 0 Å². The molecule has 0 fully saturated rings. The van der Waals surface area contributed by atoms with Crippen molar-refractivity contribution in [2.45, 2.75) is 6.54 Å². The number of rotatable bonds is 4. The molecule has 0 radical (unpaired) electrons. The van der Waals surface area contributed by atoms with E-state index in [2.05, 4.69) is 45.2 Å². The van der Waals surface area contributed by atoms with Crippen molar-refractivity contribution in [1.29, 1.82) is 0 Å². The number of H-pyrrole nitrogens is 1. The third kappa shape index (κ3) is 2.28. The number of hydrogen-bond donors (Lipinski definition) is 2. The predicted octanol–water partition coefficient (Wildman–Crippen LogP) is 3.75. The van der Waals surface area contributed by atoms with Crippen LogP contribution < -0.4 is 5.32 Å². The van der Waals surface area contributed by atoms with Gasteiger partial charge in [0.15, 0.2) is 0 Å². The lowest BCUT2D eigenvalue weighted by Crippen LogP contribution is -1.99. The Hall–Kier alpha value is -2.07. The van der Waals surface area contributed by atoms with E-state index in [-0.39, 0.29) is 0 Å². The Bertz CT molecular complexity index is 599. The molecule has 0 saturated carbocycles. The molecule has 2 N–H and O–H groups in total. The molecule has 0 amide bonds. The molecule has 3 rings (SSSR count). The first kappa shape index (κ1) is 11.0. The zero-order valence-electron chi connectivity index (χ0n) is 9.76. The highest BCUT2D eigenvalue weighted by Gasteiger charge is 2.07. The first-order valence-electron chi connectivity index (χ1n) is 5.78. The van der Waals surface area contributed by atoms with Crippen LogP contribution in [-0.2, 0) is 6.54 Å². The molecular weight excluding hydrogens is 242 g/mol. The van der Waals surface area contributed by atoms with Crippen molar-refractivity contribution in [2.75, 3.05) is 5.32 Å². The summed E-state index contributed by atoms with van der Waals surface area (Å²) in [4.78, 5) is 1.22. The summed E-state index contributed by atoms with van der Waals surface area (Å²) in [6, 6.07) is 14.3. The van der Waals surface area contributed by atoms with Gasteiger partial charge in [0.2, 0.25) is 0 Å². The SMILES string of the molecule is c1ccc(NCc2cn[nH]c2-c2cccs2)cc1. The van der Waals surface area contributed by atoms with Crippen LogP contribution in [0.2, 0.25) is 0 Å². The summed E-state index contributed by atoms with van der Waals surface area (Å²) >= 11 is 1.72. The minimum Gasteiger partial charge on any atom is -0.381 e. The lowest BCUT2D eigenvalue weighted by molar-refractivity contribution is 1.10. The minimum atomic E-state index is 0.772. The fourth-order valence-electron chi connectivity index (χ4n) is 1.83. The molecule has 2 heterocycles. The first-order valence-corrected chi connectivity index (χ1v) is 6.66. The van der Waals surface area contributed by atoms with Gasteiger partial charge in [0.25, 0.3) is 0 Å². The molecular formula is C14H13N3S. The maximum Gasteiger partial charge on any atom is 0.0799 e. The van der Waals surface area contributed by atoms with E-state index in [1.54, 1.807) is 11.3 Å². The Kier molecular flexibility index (Phi) is 3.10. The van der Waals surface area contributed by atoms with Crippen LogP contribution in [-0.4, -0.2) is 10.2 Å². The smallest absolute Gasteiger partial charge is 0.0799 e. The second-order valence-corrected chi connectivity index (χ2v) is 4.91. The second-order valence-electron chi connectivity index (χ2n) is 3.97. The molecule has 0 spiro atoms. The highest BCUT2D eigenvalue weighted by molar-refractivity contribution is 7.13. The number of nitrogens with one attached hydrogen (secondary N) is 2. The summed E-state index contributed by atoms with van der Waals surface area (Å²) in [6.45, 7) is 0.772. The summed E-state index contributed by atoms with van der Waals surface area (Å²) in [5, 5.41) is 12.7. The maximum absolute atomic E-state index is 4.13. The van der Waals surface area contributed by atoms with Gasteiger partial charge >= 0.3 is 0 Å². The molecule has 0 bridgehead atoms. The molecule has 0 saturated heterocycles. The molecule has 4 heteroatoms. The van der Waals surface area contributed by atoms with Crippen molar-refractivity contribution < 1.29 is 0 Å². The molecule has 0 aliphatic rings. The standard InChI is InChI=1S/C14H13N3S/c1-2-5-12(6-3-1)15-9-11-10-16-17-14(11)13-7-4-8-18-13/h1-8,10,15H,9H2,(H,16,17). The van der Waals surface area contributed by atoms with Crippen LogP contribution in [0.1, 0.15) is 5.56 Å². The fourth-order valence-corrected chi connectivity index (χ4v) is 2.59. The molecule has 0 aliphatic carbocycles. The Labute approximate surface area is 109 Å². The Morgan fingerprint density at radius 2 is 2.00 bits per heavy atom. The average Bonchev–Trinajstić information content (AvgIpc) is 3.08. The Morgan fingerprint density at radius 3 is 2.78 bits per heavy atom. The minimum absolute atomic E-state index is 0.772. The van der Waals surface area contributed by atoms with E-state index in [1.807, 2.05) is 24.4 Å². The van der Waals surface area contributed by atoms with Gasteiger partial charge in [0.05, 0.1) is 16.8 Å². The van der Waals surface area contributed by atoms with E-state index in [0.29, 0.717) is 0 Å². The van der Waals surface area contributed by atoms with E-state index in [4.69, 9.17) is 0 Å². The third-order valence-electron chi connectivity index (χ3n) is 2.74. The van der Waals surface area contributed by atoms with E-state index in [0.717, 1.165) is 17.9 Å². The number of aromatic nitrogens is 2. The second kappa shape index (κ2) is 5.06. The lowest BCUT2D eigenvalue weighted by atomic mass is 10.2. The highest BCUT2D eigenvalue weighted by Crippen LogP contribution is 2.26. The molecule has 18 heavy (non-hydrogen) atoms. The van der Waals surface area contributed by atoms with E-state index in [9.17, 15) is 0 Å². The number of hydrogen-bond acceptors (Lipinski definition) is 3. The zero-order valence-corrected chi connectivity index (χ0v) is 10.6. The van der Waals surface area contributed by atoms with Gasteiger partial charge in [-0.05, 0) is 23.6 Å². The summed E-state index contributed by atoms with van der Waals surface area (Å²) in [5.41, 5.74) is 3.41. The van der Waals surface area contributed by atoms with Gasteiger partial charge in [0.1, 0.15) is 0 Å². The van der Waals surface area contributed by atoms with Crippen LogP contribution in [0.25, 0.3) is 10.6 Å². The molecule has 1 aromatic carbocycles. The Morgan fingerprint density at radius 1 is 1.11 bits per heavy atom. The van der Waals surface area contributed by atoms with Crippen molar-refractivity contribution in [1.82, 2.24) is 10.2 Å². The van der Waals surface area contributed by atoms with Crippen molar-refractivity contribution >= 4 is 17.0 Å². The number of nitrogens with zero attached hydrogens (tertiary/aromatic N) is 1. The number of anilines is 1. The van der Waals surface area contributed by atoms with Crippen LogP contribution >= 0.6 is 11.3 Å². The average molecular weight is 255 g/mol. The number of para-hydroxylation sites is 1. The molecule has 90 valence electrons. The Balaban J connectivity index is 1.76. The highest BCUT2D eigenvalue weighted by atomic mass is 32.1. The number of benzene rings is 1. The fraction of sp³-hybridized carbons (Fsp3) is 0.0714. The van der Waals surface area contributed by atoms with Crippen molar-refractivity contribution in [3.05, 3.63) is 59.6 Å². The van der Waals surface area contributed by atoms with Gasteiger partial charge in [-0.15, -0.1) is 11.3 Å². The predicted molar refractivity (Wildman–Crippen MR) is 75.7 cm³/mol. The summed E-state index contributed by atoms with van der Waals surface area (Å²) in [6.07, 6.45) is 1.88. The molecule has 3 aromatic rings. The van der Waals surface area contributed by atoms with E-state index >= 15 is 0 Å². The van der Waals surface area contributed by atoms with Crippen LogP contribution in [0.4, 0.5) is 5.69 Å². The summed E-state index contributed by atoms with van der Waals surface area (Å²) < 4.78 is 0. The lowest BCUT2D eigenvalue weighted by Gasteiger charge is -2.05. The molecule has 0 aliphatic heterocycles. The third-order valence-corrected chi connectivity index (χ3v) is 3.63. The maximum atomic E-state index is 4.13. The van der Waals surface area contributed by atoms with Gasteiger partial charge in [0, 0.05) is 17.8 Å². The van der Waals surface area contributed by atoms with Gasteiger partial charge in [-0.2, -0.15) is 5.10 Å². The normalized spacial score (nSPS) is 10.4. The van der Waals surface area contributed by atoms with Gasteiger partial charge in [-0.1, -0.05) is 24.3 Å². The van der Waals surface area contributed by atoms with Crippen LogP contribution in [0.5, 0.6) is 0 Å². The number of thiophene rings is 1. The van der Waals surface area contributed by atoms with Gasteiger partial charge in [-0.25, -0.2) is 0 Å². The molecule has 0 unspecified atom stereocenters. The van der Waals surface area contributed by atoms with E-state index < -0.39 is 0 Å². The van der Waals surface area contributed by atoms with Crippen LogP contribution in [0.15, 0.2) is 54.0 Å². The topological polar surface area (TPSA) is 40.7 Å². The van der Waals surface area contributed by atoms with Crippen molar-refractivity contribution in [2.24, 2.45) is 0 Å². The summed E-state index contributed by atoms with van der Waals surface area (Å²) in [7, 11) is 0. The zero-order chi connectivity index (χ0) is 12.2. The van der Waals surface area contributed by atoms with Gasteiger partial charge in [-0.3, -0.25) is 5.10 Å². The number of aromatic amines is 1. The largest absolute Gasteiger partial charge is 0.381 e. The molecule has 0 atom stereocenters. The first-order chi connectivity index (χ1) is 8.93. The quantitative estimate of drug-likeness (QED) is 0.745. The van der Waals surface area contributed by atoms with Gasteiger partial charge < -0.3 is 5.32 Å². The monoisotopic (exact) mass is 255 g/mol.